The third-order valence-electron chi connectivity index (χ3n) is 2.35. The number of rotatable bonds is 4. The molecule has 0 radical (unpaired) electrons. The summed E-state index contributed by atoms with van der Waals surface area (Å²) in [6.07, 6.45) is 0.815. The first kappa shape index (κ1) is 14.5. The molecule has 0 saturated carbocycles. The Morgan fingerprint density at radius 2 is 1.94 bits per heavy atom. The molecule has 0 aromatic carbocycles. The van der Waals surface area contributed by atoms with Gasteiger partial charge in [-0.1, -0.05) is 6.92 Å². The summed E-state index contributed by atoms with van der Waals surface area (Å²) < 4.78 is 0. The highest BCUT2D eigenvalue weighted by molar-refractivity contribution is 5.95. The Morgan fingerprint density at radius 1 is 1.28 bits per heavy atom. The molecule has 1 aromatic rings. The van der Waals surface area contributed by atoms with Gasteiger partial charge in [0, 0.05) is 23.3 Å². The van der Waals surface area contributed by atoms with Gasteiger partial charge in [-0.2, -0.15) is 0 Å². The minimum absolute atomic E-state index is 0.0567. The quantitative estimate of drug-likeness (QED) is 0.862. The fraction of sp³-hybridized carbons (Fsp3) is 0.571. The van der Waals surface area contributed by atoms with E-state index in [4.69, 9.17) is 0 Å². The molecule has 1 amide bonds. The van der Waals surface area contributed by atoms with Gasteiger partial charge in [0.1, 0.15) is 5.82 Å². The highest BCUT2D eigenvalue weighted by Gasteiger charge is 2.16. The Bertz CT molecular complexity index is 422. The lowest BCUT2D eigenvalue weighted by Crippen LogP contribution is -2.40. The van der Waals surface area contributed by atoms with E-state index in [0.717, 1.165) is 24.5 Å². The number of aryl methyl sites for hydroxylation is 1. The smallest absolute Gasteiger partial charge is 0.251 e. The van der Waals surface area contributed by atoms with E-state index in [-0.39, 0.29) is 11.4 Å². The molecule has 18 heavy (non-hydrogen) atoms. The van der Waals surface area contributed by atoms with E-state index in [1.54, 1.807) is 6.07 Å². The van der Waals surface area contributed by atoms with E-state index in [2.05, 4.69) is 15.6 Å². The maximum atomic E-state index is 12.1. The lowest BCUT2D eigenvalue weighted by molar-refractivity contribution is 0.0919. The number of hydrogen-bond donors (Lipinski definition) is 2. The normalized spacial score (nSPS) is 11.2. The zero-order valence-corrected chi connectivity index (χ0v) is 11.9. The minimum Gasteiger partial charge on any atom is -0.370 e. The number of aromatic nitrogens is 1. The summed E-state index contributed by atoms with van der Waals surface area (Å²) in [7, 11) is 0. The third kappa shape index (κ3) is 4.35. The van der Waals surface area contributed by atoms with Gasteiger partial charge in [-0.15, -0.1) is 0 Å². The van der Waals surface area contributed by atoms with Crippen LogP contribution in [0.4, 0.5) is 5.82 Å². The first-order valence-electron chi connectivity index (χ1n) is 6.43. The van der Waals surface area contributed by atoms with Crippen LogP contribution in [0.1, 0.15) is 50.7 Å². The first-order valence-corrected chi connectivity index (χ1v) is 6.43. The highest BCUT2D eigenvalue weighted by Crippen LogP contribution is 2.12. The van der Waals surface area contributed by atoms with Crippen LogP contribution < -0.4 is 10.6 Å². The van der Waals surface area contributed by atoms with Crippen molar-refractivity contribution in [3.05, 3.63) is 23.4 Å². The van der Waals surface area contributed by atoms with Crippen LogP contribution >= 0.6 is 0 Å². The Kier molecular flexibility index (Phi) is 4.70. The number of carbonyl (C=O) groups is 1. The lowest BCUT2D eigenvalue weighted by atomic mass is 10.1. The largest absolute Gasteiger partial charge is 0.370 e. The van der Waals surface area contributed by atoms with Crippen LogP contribution in [0.2, 0.25) is 0 Å². The van der Waals surface area contributed by atoms with E-state index < -0.39 is 0 Å². The average Bonchev–Trinajstić information content (AvgIpc) is 2.26. The molecule has 2 N–H and O–H groups in total. The maximum Gasteiger partial charge on any atom is 0.251 e. The number of anilines is 1. The summed E-state index contributed by atoms with van der Waals surface area (Å²) >= 11 is 0. The summed E-state index contributed by atoms with van der Waals surface area (Å²) in [6, 6.07) is 3.64. The molecule has 1 rings (SSSR count). The summed E-state index contributed by atoms with van der Waals surface area (Å²) in [4.78, 5) is 16.5. The van der Waals surface area contributed by atoms with Crippen LogP contribution in [-0.4, -0.2) is 23.0 Å². The summed E-state index contributed by atoms with van der Waals surface area (Å²) in [6.45, 7) is 10.7. The van der Waals surface area contributed by atoms with Gasteiger partial charge in [-0.25, -0.2) is 4.98 Å². The molecule has 1 heterocycles. The Hall–Kier alpha value is -1.58. The van der Waals surface area contributed by atoms with Crippen molar-refractivity contribution in [2.24, 2.45) is 0 Å². The SMILES string of the molecule is CCNc1cc(C(=O)NC(C)(C)C)cc(CC)n1. The van der Waals surface area contributed by atoms with Gasteiger partial charge in [-0.3, -0.25) is 4.79 Å². The van der Waals surface area contributed by atoms with E-state index >= 15 is 0 Å². The van der Waals surface area contributed by atoms with Crippen molar-refractivity contribution in [1.82, 2.24) is 10.3 Å². The Balaban J connectivity index is 3.00. The van der Waals surface area contributed by atoms with Crippen LogP contribution in [-0.2, 0) is 6.42 Å². The molecule has 100 valence electrons. The zero-order valence-electron chi connectivity index (χ0n) is 11.9. The molecule has 1 aromatic heterocycles. The van der Waals surface area contributed by atoms with Crippen molar-refractivity contribution in [3.63, 3.8) is 0 Å². The predicted octanol–water partition coefficient (Wildman–Crippen LogP) is 2.60. The number of amides is 1. The van der Waals surface area contributed by atoms with Crippen molar-refractivity contribution in [2.75, 3.05) is 11.9 Å². The summed E-state index contributed by atoms with van der Waals surface area (Å²) in [5.74, 6) is 0.703. The number of hydrogen-bond acceptors (Lipinski definition) is 3. The molecule has 0 aliphatic rings. The van der Waals surface area contributed by atoms with Gasteiger partial charge < -0.3 is 10.6 Å². The van der Waals surface area contributed by atoms with E-state index in [1.807, 2.05) is 40.7 Å². The standard InChI is InChI=1S/C14H23N3O/c1-6-11-8-10(9-12(16-11)15-7-2)13(18)17-14(3,4)5/h8-9H,6-7H2,1-5H3,(H,15,16)(H,17,18). The second-order valence-corrected chi connectivity index (χ2v) is 5.32. The van der Waals surface area contributed by atoms with E-state index in [9.17, 15) is 4.79 Å². The molecule has 4 nitrogen and oxygen atoms in total. The molecule has 0 atom stereocenters. The van der Waals surface area contributed by atoms with Crippen molar-refractivity contribution in [2.45, 2.75) is 46.6 Å². The molecule has 0 fully saturated rings. The second kappa shape index (κ2) is 5.85. The molecule has 0 bridgehead atoms. The van der Waals surface area contributed by atoms with Crippen molar-refractivity contribution < 1.29 is 4.79 Å². The van der Waals surface area contributed by atoms with Gasteiger partial charge in [0.25, 0.3) is 5.91 Å². The van der Waals surface area contributed by atoms with Crippen LogP contribution in [0, 0.1) is 0 Å². The topological polar surface area (TPSA) is 54.0 Å². The fourth-order valence-corrected chi connectivity index (χ4v) is 1.58. The maximum absolute atomic E-state index is 12.1. The second-order valence-electron chi connectivity index (χ2n) is 5.32. The monoisotopic (exact) mass is 249 g/mol. The Morgan fingerprint density at radius 3 is 2.44 bits per heavy atom. The summed E-state index contributed by atoms with van der Waals surface area (Å²) in [5.41, 5.74) is 1.35. The predicted molar refractivity (Wildman–Crippen MR) is 75.0 cm³/mol. The molecule has 0 spiro atoms. The first-order chi connectivity index (χ1) is 8.35. The lowest BCUT2D eigenvalue weighted by Gasteiger charge is -2.21. The zero-order chi connectivity index (χ0) is 13.8. The molecule has 0 aliphatic heterocycles. The van der Waals surface area contributed by atoms with Gasteiger partial charge in [0.05, 0.1) is 0 Å². The molecule has 0 saturated heterocycles. The van der Waals surface area contributed by atoms with Crippen molar-refractivity contribution in [3.8, 4) is 0 Å². The fourth-order valence-electron chi connectivity index (χ4n) is 1.58. The third-order valence-corrected chi connectivity index (χ3v) is 2.35. The average molecular weight is 249 g/mol. The Labute approximate surface area is 109 Å². The van der Waals surface area contributed by atoms with Gasteiger partial charge in [0.15, 0.2) is 0 Å². The van der Waals surface area contributed by atoms with E-state index in [0.29, 0.717) is 5.56 Å². The van der Waals surface area contributed by atoms with Gasteiger partial charge in [0.2, 0.25) is 0 Å². The van der Waals surface area contributed by atoms with Crippen LogP contribution in [0.15, 0.2) is 12.1 Å². The number of carbonyl (C=O) groups excluding carboxylic acids is 1. The van der Waals surface area contributed by atoms with Crippen LogP contribution in [0.5, 0.6) is 0 Å². The number of pyridine rings is 1. The number of nitrogens with one attached hydrogen (secondary N) is 2. The van der Waals surface area contributed by atoms with Crippen molar-refractivity contribution >= 4 is 11.7 Å². The molecule has 0 aliphatic carbocycles. The minimum atomic E-state index is -0.231. The molecule has 4 heteroatoms. The molecular formula is C14H23N3O. The summed E-state index contributed by atoms with van der Waals surface area (Å²) in [5, 5.41) is 6.11. The highest BCUT2D eigenvalue weighted by atomic mass is 16.1. The van der Waals surface area contributed by atoms with E-state index in [1.165, 1.54) is 0 Å². The van der Waals surface area contributed by atoms with Crippen LogP contribution in [0.3, 0.4) is 0 Å². The molecular weight excluding hydrogens is 226 g/mol. The van der Waals surface area contributed by atoms with Gasteiger partial charge in [-0.05, 0) is 46.2 Å². The number of nitrogens with zero attached hydrogens (tertiary/aromatic N) is 1. The van der Waals surface area contributed by atoms with Gasteiger partial charge >= 0.3 is 0 Å². The van der Waals surface area contributed by atoms with Crippen molar-refractivity contribution in [1.29, 1.82) is 0 Å². The van der Waals surface area contributed by atoms with Crippen LogP contribution in [0.25, 0.3) is 0 Å². The molecule has 0 unspecified atom stereocenters.